The predicted molar refractivity (Wildman–Crippen MR) is 94.1 cm³/mol. The summed E-state index contributed by atoms with van der Waals surface area (Å²) < 4.78 is 8.03. The first-order valence-electron chi connectivity index (χ1n) is 8.05. The van der Waals surface area contributed by atoms with Crippen LogP contribution in [0.25, 0.3) is 0 Å². The molecule has 1 unspecified atom stereocenters. The van der Waals surface area contributed by atoms with Gasteiger partial charge >= 0.3 is 0 Å². The Bertz CT molecular complexity index is 636. The van der Waals surface area contributed by atoms with Crippen LogP contribution in [0.5, 0.6) is 0 Å². The highest BCUT2D eigenvalue weighted by Gasteiger charge is 2.22. The zero-order valence-corrected chi connectivity index (χ0v) is 15.1. The van der Waals surface area contributed by atoms with Crippen LogP contribution in [0.2, 0.25) is 5.02 Å². The van der Waals surface area contributed by atoms with E-state index in [1.165, 1.54) is 5.56 Å². The topological polar surface area (TPSA) is 39.9 Å². The van der Waals surface area contributed by atoms with Crippen LogP contribution in [0.4, 0.5) is 0 Å². The molecule has 1 aromatic carbocycles. The quantitative estimate of drug-likeness (QED) is 0.717. The number of rotatable bonds is 6. The Kier molecular flexibility index (Phi) is 5.62. The van der Waals surface area contributed by atoms with E-state index in [1.807, 2.05) is 12.1 Å². The van der Waals surface area contributed by atoms with Gasteiger partial charge in [0.1, 0.15) is 5.82 Å². The molecule has 124 valence electrons. The molecule has 2 heterocycles. The van der Waals surface area contributed by atoms with Crippen LogP contribution in [0.15, 0.2) is 29.4 Å². The number of aromatic nitrogens is 3. The van der Waals surface area contributed by atoms with Gasteiger partial charge in [-0.1, -0.05) is 49.3 Å². The first-order valence-corrected chi connectivity index (χ1v) is 9.42. The number of thioether (sulfide) groups is 1. The lowest BCUT2D eigenvalue weighted by Gasteiger charge is -2.16. The largest absolute Gasteiger partial charge is 0.376 e. The summed E-state index contributed by atoms with van der Waals surface area (Å²) in [6.45, 7) is 6.04. The minimum atomic E-state index is 0.290. The van der Waals surface area contributed by atoms with Crippen molar-refractivity contribution in [2.24, 2.45) is 0 Å². The maximum atomic E-state index is 5.94. The van der Waals surface area contributed by atoms with E-state index in [4.69, 9.17) is 16.3 Å². The summed E-state index contributed by atoms with van der Waals surface area (Å²) in [5.41, 5.74) is 1.23. The van der Waals surface area contributed by atoms with E-state index in [0.717, 1.165) is 47.7 Å². The Morgan fingerprint density at radius 3 is 2.74 bits per heavy atom. The van der Waals surface area contributed by atoms with Crippen molar-refractivity contribution in [3.63, 3.8) is 0 Å². The monoisotopic (exact) mass is 351 g/mol. The van der Waals surface area contributed by atoms with E-state index in [2.05, 4.69) is 40.7 Å². The summed E-state index contributed by atoms with van der Waals surface area (Å²) in [4.78, 5) is 0. The van der Waals surface area contributed by atoms with Crippen LogP contribution < -0.4 is 0 Å². The van der Waals surface area contributed by atoms with Crippen molar-refractivity contribution in [1.29, 1.82) is 0 Å². The zero-order valence-electron chi connectivity index (χ0n) is 13.5. The van der Waals surface area contributed by atoms with Gasteiger partial charge in [0, 0.05) is 23.3 Å². The molecule has 3 rings (SSSR count). The third-order valence-electron chi connectivity index (χ3n) is 3.95. The number of ether oxygens (including phenoxy) is 1. The number of hydrogen-bond acceptors (Lipinski definition) is 4. The van der Waals surface area contributed by atoms with Crippen molar-refractivity contribution in [2.75, 3.05) is 6.61 Å². The molecule has 0 amide bonds. The molecule has 1 aliphatic rings. The Morgan fingerprint density at radius 1 is 1.30 bits per heavy atom. The van der Waals surface area contributed by atoms with E-state index in [1.54, 1.807) is 11.8 Å². The minimum Gasteiger partial charge on any atom is -0.376 e. The second kappa shape index (κ2) is 7.69. The van der Waals surface area contributed by atoms with Gasteiger partial charge in [0.2, 0.25) is 0 Å². The fraction of sp³-hybridized carbons (Fsp3) is 0.529. The molecule has 1 saturated heterocycles. The molecule has 0 saturated carbocycles. The summed E-state index contributed by atoms with van der Waals surface area (Å²) in [5.74, 6) is 2.26. The van der Waals surface area contributed by atoms with Crippen LogP contribution in [-0.2, 0) is 17.0 Å². The molecule has 1 aliphatic heterocycles. The normalized spacial score (nSPS) is 18.0. The van der Waals surface area contributed by atoms with Gasteiger partial charge in [0.15, 0.2) is 5.16 Å². The summed E-state index contributed by atoms with van der Waals surface area (Å²) in [7, 11) is 0. The minimum absolute atomic E-state index is 0.290. The SMILES string of the molecule is CC(C)c1nnc(SCc2ccc(Cl)cc2)n1CC1CCCO1. The van der Waals surface area contributed by atoms with Crippen LogP contribution >= 0.6 is 23.4 Å². The molecule has 0 N–H and O–H groups in total. The van der Waals surface area contributed by atoms with Crippen molar-refractivity contribution in [3.8, 4) is 0 Å². The second-order valence-corrected chi connectivity index (χ2v) is 7.54. The van der Waals surface area contributed by atoms with Crippen molar-refractivity contribution in [2.45, 2.75) is 56.2 Å². The molecule has 1 aromatic heterocycles. The Hall–Kier alpha value is -1.04. The highest BCUT2D eigenvalue weighted by molar-refractivity contribution is 7.98. The fourth-order valence-electron chi connectivity index (χ4n) is 2.73. The number of hydrogen-bond donors (Lipinski definition) is 0. The lowest BCUT2D eigenvalue weighted by Crippen LogP contribution is -2.18. The van der Waals surface area contributed by atoms with Crippen molar-refractivity contribution in [1.82, 2.24) is 14.8 Å². The lowest BCUT2D eigenvalue weighted by atomic mass is 10.2. The standard InChI is InChI=1S/C17H22ClN3OS/c1-12(2)16-19-20-17(21(16)10-15-4-3-9-22-15)23-11-13-5-7-14(18)8-6-13/h5-8,12,15H,3-4,9-11H2,1-2H3. The maximum Gasteiger partial charge on any atom is 0.191 e. The maximum absolute atomic E-state index is 5.94. The van der Waals surface area contributed by atoms with Crippen molar-refractivity contribution in [3.05, 3.63) is 40.7 Å². The molecule has 1 fully saturated rings. The highest BCUT2D eigenvalue weighted by Crippen LogP contribution is 2.27. The third-order valence-corrected chi connectivity index (χ3v) is 5.24. The smallest absolute Gasteiger partial charge is 0.191 e. The summed E-state index contributed by atoms with van der Waals surface area (Å²) in [5, 5.41) is 10.5. The lowest BCUT2D eigenvalue weighted by molar-refractivity contribution is 0.0940. The van der Waals surface area contributed by atoms with Crippen LogP contribution in [0.3, 0.4) is 0 Å². The molecular weight excluding hydrogens is 330 g/mol. The van der Waals surface area contributed by atoms with E-state index in [9.17, 15) is 0 Å². The van der Waals surface area contributed by atoms with Gasteiger partial charge in [-0.2, -0.15) is 0 Å². The Morgan fingerprint density at radius 2 is 2.09 bits per heavy atom. The Labute approximate surface area is 146 Å². The van der Waals surface area contributed by atoms with Gasteiger partial charge in [-0.3, -0.25) is 0 Å². The first-order chi connectivity index (χ1) is 11.1. The summed E-state index contributed by atoms with van der Waals surface area (Å²) in [6, 6.07) is 7.96. The predicted octanol–water partition coefficient (Wildman–Crippen LogP) is 4.53. The van der Waals surface area contributed by atoms with Gasteiger partial charge in [-0.05, 0) is 30.5 Å². The van der Waals surface area contributed by atoms with Crippen LogP contribution in [-0.4, -0.2) is 27.5 Å². The van der Waals surface area contributed by atoms with E-state index < -0.39 is 0 Å². The van der Waals surface area contributed by atoms with Gasteiger partial charge < -0.3 is 9.30 Å². The average Bonchev–Trinajstić information content (AvgIpc) is 3.17. The van der Waals surface area contributed by atoms with E-state index >= 15 is 0 Å². The van der Waals surface area contributed by atoms with Crippen molar-refractivity contribution < 1.29 is 4.74 Å². The second-order valence-electron chi connectivity index (χ2n) is 6.16. The zero-order chi connectivity index (χ0) is 16.2. The number of benzene rings is 1. The molecule has 1 atom stereocenters. The van der Waals surface area contributed by atoms with Crippen molar-refractivity contribution >= 4 is 23.4 Å². The van der Waals surface area contributed by atoms with Crippen LogP contribution in [0, 0.1) is 0 Å². The first kappa shape index (κ1) is 16.8. The number of halogens is 1. The molecule has 4 nitrogen and oxygen atoms in total. The molecule has 0 bridgehead atoms. The van der Waals surface area contributed by atoms with E-state index in [-0.39, 0.29) is 0 Å². The molecule has 0 aliphatic carbocycles. The average molecular weight is 352 g/mol. The molecule has 23 heavy (non-hydrogen) atoms. The summed E-state index contributed by atoms with van der Waals surface area (Å²) >= 11 is 7.66. The number of nitrogens with zero attached hydrogens (tertiary/aromatic N) is 3. The fourth-order valence-corrected chi connectivity index (χ4v) is 3.76. The van der Waals surface area contributed by atoms with Gasteiger partial charge in [-0.15, -0.1) is 10.2 Å². The van der Waals surface area contributed by atoms with Crippen LogP contribution in [0.1, 0.15) is 44.0 Å². The highest BCUT2D eigenvalue weighted by atomic mass is 35.5. The van der Waals surface area contributed by atoms with Gasteiger partial charge in [-0.25, -0.2) is 0 Å². The van der Waals surface area contributed by atoms with Gasteiger partial charge in [0.05, 0.1) is 12.6 Å². The summed E-state index contributed by atoms with van der Waals surface area (Å²) in [6.07, 6.45) is 2.56. The molecule has 2 aromatic rings. The third kappa shape index (κ3) is 4.28. The molecule has 0 radical (unpaired) electrons. The molecular formula is C17H22ClN3OS. The Balaban J connectivity index is 1.73. The van der Waals surface area contributed by atoms with E-state index in [0.29, 0.717) is 12.0 Å². The van der Waals surface area contributed by atoms with Gasteiger partial charge in [0.25, 0.3) is 0 Å². The molecule has 0 spiro atoms. The molecule has 6 heteroatoms.